The molecule has 0 atom stereocenters. The van der Waals surface area contributed by atoms with Crippen molar-refractivity contribution in [2.45, 2.75) is 19.9 Å². The number of aliphatic imine (C=N–C) groups is 1. The standard InChI is InChI=1S/C15H23N5O/c1-3-5-7-17-15(16-4-2)20-10-8-19(9-11-20)13-14-6-12-21-18-14/h1,6,12H,4-5,7-11,13H2,2H3,(H,16,17). The van der Waals surface area contributed by atoms with E-state index in [0.717, 1.165) is 50.9 Å². The van der Waals surface area contributed by atoms with Crippen LogP contribution < -0.4 is 5.32 Å². The van der Waals surface area contributed by atoms with E-state index in [2.05, 4.69) is 38.1 Å². The largest absolute Gasteiger partial charge is 0.364 e. The quantitative estimate of drug-likeness (QED) is 0.376. The van der Waals surface area contributed by atoms with Gasteiger partial charge in [0, 0.05) is 51.8 Å². The smallest absolute Gasteiger partial charge is 0.194 e. The van der Waals surface area contributed by atoms with Crippen molar-refractivity contribution in [1.29, 1.82) is 0 Å². The van der Waals surface area contributed by atoms with E-state index < -0.39 is 0 Å². The Morgan fingerprint density at radius 1 is 1.48 bits per heavy atom. The number of terminal acetylenes is 1. The van der Waals surface area contributed by atoms with Crippen molar-refractivity contribution in [2.75, 3.05) is 39.3 Å². The third kappa shape index (κ3) is 4.80. The lowest BCUT2D eigenvalue weighted by molar-refractivity contribution is 0.169. The van der Waals surface area contributed by atoms with Crippen molar-refractivity contribution in [3.8, 4) is 12.3 Å². The van der Waals surface area contributed by atoms with Crippen LogP contribution >= 0.6 is 0 Å². The van der Waals surface area contributed by atoms with Gasteiger partial charge >= 0.3 is 0 Å². The molecule has 6 heteroatoms. The van der Waals surface area contributed by atoms with Crippen LogP contribution in [0.3, 0.4) is 0 Å². The Labute approximate surface area is 126 Å². The van der Waals surface area contributed by atoms with Gasteiger partial charge in [0.2, 0.25) is 0 Å². The Morgan fingerprint density at radius 3 is 2.90 bits per heavy atom. The zero-order chi connectivity index (χ0) is 14.9. The molecule has 0 radical (unpaired) electrons. The summed E-state index contributed by atoms with van der Waals surface area (Å²) >= 11 is 0. The molecule has 1 aromatic rings. The van der Waals surface area contributed by atoms with Crippen LogP contribution in [0.15, 0.2) is 21.8 Å². The predicted octanol–water partition coefficient (Wildman–Crippen LogP) is 0.781. The van der Waals surface area contributed by atoms with Gasteiger partial charge in [0.15, 0.2) is 5.96 Å². The summed E-state index contributed by atoms with van der Waals surface area (Å²) in [6.45, 7) is 8.37. The molecule has 0 aliphatic carbocycles. The number of hydrogen-bond donors (Lipinski definition) is 1. The van der Waals surface area contributed by atoms with E-state index in [-0.39, 0.29) is 0 Å². The number of hydrogen-bond acceptors (Lipinski definition) is 4. The fraction of sp³-hybridized carbons (Fsp3) is 0.600. The fourth-order valence-electron chi connectivity index (χ4n) is 2.32. The van der Waals surface area contributed by atoms with Gasteiger partial charge in [-0.15, -0.1) is 12.3 Å². The molecular formula is C15H23N5O. The molecule has 6 nitrogen and oxygen atoms in total. The first-order valence-corrected chi connectivity index (χ1v) is 7.41. The first-order chi connectivity index (χ1) is 10.3. The van der Waals surface area contributed by atoms with E-state index in [9.17, 15) is 0 Å². The highest BCUT2D eigenvalue weighted by atomic mass is 16.5. The second-order valence-corrected chi connectivity index (χ2v) is 4.94. The second kappa shape index (κ2) is 8.32. The van der Waals surface area contributed by atoms with Crippen molar-refractivity contribution < 1.29 is 4.52 Å². The molecule has 1 fully saturated rings. The first-order valence-electron chi connectivity index (χ1n) is 7.41. The van der Waals surface area contributed by atoms with Gasteiger partial charge < -0.3 is 14.7 Å². The zero-order valence-electron chi connectivity index (χ0n) is 12.6. The molecule has 1 saturated heterocycles. The van der Waals surface area contributed by atoms with Crippen LogP contribution in [0.2, 0.25) is 0 Å². The summed E-state index contributed by atoms with van der Waals surface area (Å²) in [5.41, 5.74) is 0.984. The Balaban J connectivity index is 1.83. The lowest BCUT2D eigenvalue weighted by Crippen LogP contribution is -2.52. The van der Waals surface area contributed by atoms with E-state index in [1.165, 1.54) is 0 Å². The van der Waals surface area contributed by atoms with Crippen molar-refractivity contribution in [3.63, 3.8) is 0 Å². The molecule has 114 valence electrons. The lowest BCUT2D eigenvalue weighted by Gasteiger charge is -2.36. The maximum Gasteiger partial charge on any atom is 0.194 e. The van der Waals surface area contributed by atoms with Crippen LogP contribution in [0.5, 0.6) is 0 Å². The number of piperazine rings is 1. The van der Waals surface area contributed by atoms with Crippen LogP contribution in [0, 0.1) is 12.3 Å². The Bertz CT molecular complexity index is 469. The minimum atomic E-state index is 0.679. The molecule has 0 bridgehead atoms. The highest BCUT2D eigenvalue weighted by Gasteiger charge is 2.20. The fourth-order valence-corrected chi connectivity index (χ4v) is 2.32. The summed E-state index contributed by atoms with van der Waals surface area (Å²) in [5.74, 6) is 3.59. The molecule has 0 unspecified atom stereocenters. The molecule has 1 aliphatic heterocycles. The number of nitrogens with one attached hydrogen (secondary N) is 1. The molecule has 0 spiro atoms. The van der Waals surface area contributed by atoms with Crippen LogP contribution in [0.4, 0.5) is 0 Å². The van der Waals surface area contributed by atoms with E-state index in [1.807, 2.05) is 6.07 Å². The normalized spacial score (nSPS) is 16.8. The molecule has 0 amide bonds. The van der Waals surface area contributed by atoms with Crippen molar-refractivity contribution in [1.82, 2.24) is 20.3 Å². The average molecular weight is 289 g/mol. The molecule has 2 rings (SSSR count). The topological polar surface area (TPSA) is 56.9 Å². The molecule has 1 aliphatic rings. The minimum absolute atomic E-state index is 0.679. The third-order valence-corrected chi connectivity index (χ3v) is 3.40. The van der Waals surface area contributed by atoms with E-state index in [4.69, 9.17) is 10.9 Å². The van der Waals surface area contributed by atoms with Crippen molar-refractivity contribution in [3.05, 3.63) is 18.0 Å². The van der Waals surface area contributed by atoms with Gasteiger partial charge in [0.05, 0.1) is 12.2 Å². The lowest BCUT2D eigenvalue weighted by atomic mass is 10.3. The van der Waals surface area contributed by atoms with Crippen LogP contribution in [0.25, 0.3) is 0 Å². The SMILES string of the molecule is C#CCCN=C(NCC)N1CCN(Cc2ccon2)CC1. The monoisotopic (exact) mass is 289 g/mol. The van der Waals surface area contributed by atoms with Gasteiger partial charge in [-0.05, 0) is 6.92 Å². The number of rotatable bonds is 5. The van der Waals surface area contributed by atoms with Crippen molar-refractivity contribution in [2.24, 2.45) is 4.99 Å². The third-order valence-electron chi connectivity index (χ3n) is 3.40. The van der Waals surface area contributed by atoms with Crippen LogP contribution in [0.1, 0.15) is 19.0 Å². The molecular weight excluding hydrogens is 266 g/mol. The summed E-state index contributed by atoms with van der Waals surface area (Å²) in [6.07, 6.45) is 7.58. The molecule has 1 N–H and O–H groups in total. The molecule has 0 saturated carbocycles. The summed E-state index contributed by atoms with van der Waals surface area (Å²) in [4.78, 5) is 9.24. The van der Waals surface area contributed by atoms with Gasteiger partial charge in [0.1, 0.15) is 6.26 Å². The highest BCUT2D eigenvalue weighted by Crippen LogP contribution is 2.07. The number of guanidine groups is 1. The summed E-state index contributed by atoms with van der Waals surface area (Å²) in [6, 6.07) is 1.91. The van der Waals surface area contributed by atoms with Gasteiger partial charge in [-0.25, -0.2) is 0 Å². The maximum absolute atomic E-state index is 5.28. The maximum atomic E-state index is 5.28. The number of nitrogens with zero attached hydrogens (tertiary/aromatic N) is 4. The van der Waals surface area contributed by atoms with E-state index >= 15 is 0 Å². The second-order valence-electron chi connectivity index (χ2n) is 4.94. The molecule has 2 heterocycles. The van der Waals surface area contributed by atoms with E-state index in [1.54, 1.807) is 6.26 Å². The Hall–Kier alpha value is -2.00. The van der Waals surface area contributed by atoms with Crippen LogP contribution in [-0.4, -0.2) is 60.2 Å². The Morgan fingerprint density at radius 2 is 2.29 bits per heavy atom. The zero-order valence-corrected chi connectivity index (χ0v) is 12.6. The van der Waals surface area contributed by atoms with Gasteiger partial charge in [-0.3, -0.25) is 9.89 Å². The molecule has 0 aromatic carbocycles. The van der Waals surface area contributed by atoms with Gasteiger partial charge in [0.25, 0.3) is 0 Å². The first kappa shape index (κ1) is 15.4. The summed E-state index contributed by atoms with van der Waals surface area (Å²) in [7, 11) is 0. The average Bonchev–Trinajstić information content (AvgIpc) is 3.00. The minimum Gasteiger partial charge on any atom is -0.364 e. The molecule has 21 heavy (non-hydrogen) atoms. The summed E-state index contributed by atoms with van der Waals surface area (Å²) in [5, 5.41) is 7.29. The molecule has 1 aromatic heterocycles. The van der Waals surface area contributed by atoms with Gasteiger partial charge in [-0.2, -0.15) is 0 Å². The highest BCUT2D eigenvalue weighted by molar-refractivity contribution is 5.80. The summed E-state index contributed by atoms with van der Waals surface area (Å²) < 4.78 is 4.87. The number of aromatic nitrogens is 1. The van der Waals surface area contributed by atoms with Crippen LogP contribution in [-0.2, 0) is 6.54 Å². The van der Waals surface area contributed by atoms with Gasteiger partial charge in [-0.1, -0.05) is 5.16 Å². The Kier molecular flexibility index (Phi) is 6.10. The predicted molar refractivity (Wildman–Crippen MR) is 82.8 cm³/mol. The van der Waals surface area contributed by atoms with Crippen molar-refractivity contribution >= 4 is 5.96 Å². The van der Waals surface area contributed by atoms with E-state index in [0.29, 0.717) is 13.0 Å².